The van der Waals surface area contributed by atoms with E-state index in [1.165, 1.54) is 7.11 Å². The second kappa shape index (κ2) is 6.24. The molecular formula is C15H14F2O2S. The van der Waals surface area contributed by atoms with Crippen LogP contribution in [0.2, 0.25) is 0 Å². The van der Waals surface area contributed by atoms with Crippen LogP contribution >= 0.6 is 11.8 Å². The van der Waals surface area contributed by atoms with Crippen LogP contribution in [-0.2, 0) is 0 Å². The number of ether oxygens (including phenoxy) is 1. The molecular weight excluding hydrogens is 282 g/mol. The number of aliphatic hydroxyl groups is 1. The maximum absolute atomic E-state index is 13.7. The molecule has 20 heavy (non-hydrogen) atoms. The van der Waals surface area contributed by atoms with Crippen LogP contribution in [0.1, 0.15) is 18.6 Å². The summed E-state index contributed by atoms with van der Waals surface area (Å²) in [4.78, 5) is 0.795. The Morgan fingerprint density at radius 2 is 1.90 bits per heavy atom. The van der Waals surface area contributed by atoms with E-state index in [4.69, 9.17) is 4.74 Å². The van der Waals surface area contributed by atoms with Crippen molar-refractivity contribution in [1.29, 1.82) is 0 Å². The standard InChI is InChI=1S/C15H14F2O2S/c1-9(18)15-12(19-2)4-3-5-13(15)20-14-8-10(16)6-7-11(14)17/h3-9,18H,1-2H3/t9-/m0/s1. The SMILES string of the molecule is COc1cccc(Sc2cc(F)ccc2F)c1[C@H](C)O. The minimum absolute atomic E-state index is 0.167. The van der Waals surface area contributed by atoms with Crippen molar-refractivity contribution in [3.63, 3.8) is 0 Å². The summed E-state index contributed by atoms with van der Waals surface area (Å²) in [5.41, 5.74) is 0.559. The molecule has 0 aromatic heterocycles. The molecule has 2 aromatic carbocycles. The van der Waals surface area contributed by atoms with Crippen molar-refractivity contribution in [2.24, 2.45) is 0 Å². The summed E-state index contributed by atoms with van der Waals surface area (Å²) >= 11 is 1.06. The van der Waals surface area contributed by atoms with Gasteiger partial charge in [-0.05, 0) is 37.3 Å². The van der Waals surface area contributed by atoms with E-state index >= 15 is 0 Å². The molecule has 1 atom stereocenters. The molecule has 0 unspecified atom stereocenters. The minimum Gasteiger partial charge on any atom is -0.496 e. The smallest absolute Gasteiger partial charge is 0.137 e. The Morgan fingerprint density at radius 1 is 1.15 bits per heavy atom. The summed E-state index contributed by atoms with van der Waals surface area (Å²) in [5.74, 6) is -0.493. The van der Waals surface area contributed by atoms with Crippen molar-refractivity contribution in [3.05, 3.63) is 53.6 Å². The number of rotatable bonds is 4. The summed E-state index contributed by atoms with van der Waals surface area (Å²) in [5, 5.41) is 9.86. The van der Waals surface area contributed by atoms with Crippen LogP contribution in [0.5, 0.6) is 5.75 Å². The molecule has 106 valence electrons. The molecule has 0 saturated carbocycles. The molecule has 0 fully saturated rings. The Bertz CT molecular complexity index is 615. The molecule has 2 rings (SSSR count). The molecule has 0 aliphatic heterocycles. The zero-order valence-corrected chi connectivity index (χ0v) is 11.9. The lowest BCUT2D eigenvalue weighted by Crippen LogP contribution is -1.99. The third-order valence-electron chi connectivity index (χ3n) is 2.78. The Hall–Kier alpha value is -1.59. The highest BCUT2D eigenvalue weighted by Gasteiger charge is 2.16. The largest absolute Gasteiger partial charge is 0.496 e. The highest BCUT2D eigenvalue weighted by atomic mass is 32.2. The molecule has 1 N–H and O–H groups in total. The maximum atomic E-state index is 13.7. The Labute approximate surface area is 120 Å². The van der Waals surface area contributed by atoms with Crippen molar-refractivity contribution < 1.29 is 18.6 Å². The van der Waals surface area contributed by atoms with Crippen molar-refractivity contribution >= 4 is 11.8 Å². The van der Waals surface area contributed by atoms with Gasteiger partial charge in [0, 0.05) is 10.5 Å². The molecule has 0 saturated heterocycles. The van der Waals surface area contributed by atoms with E-state index in [0.717, 1.165) is 30.0 Å². The molecule has 0 radical (unpaired) electrons. The molecule has 0 heterocycles. The van der Waals surface area contributed by atoms with E-state index in [9.17, 15) is 13.9 Å². The fourth-order valence-corrected chi connectivity index (χ4v) is 2.98. The second-order valence-electron chi connectivity index (χ2n) is 4.22. The average Bonchev–Trinajstić information content (AvgIpc) is 2.42. The summed E-state index contributed by atoms with van der Waals surface area (Å²) in [6, 6.07) is 8.48. The highest BCUT2D eigenvalue weighted by Crippen LogP contribution is 2.39. The third-order valence-corrected chi connectivity index (χ3v) is 3.89. The van der Waals surface area contributed by atoms with Crippen LogP contribution in [0.15, 0.2) is 46.2 Å². The average molecular weight is 296 g/mol. The van der Waals surface area contributed by atoms with E-state index in [1.807, 2.05) is 0 Å². The second-order valence-corrected chi connectivity index (χ2v) is 5.31. The van der Waals surface area contributed by atoms with Crippen molar-refractivity contribution in [1.82, 2.24) is 0 Å². The zero-order chi connectivity index (χ0) is 14.7. The monoisotopic (exact) mass is 296 g/mol. The number of hydrogen-bond donors (Lipinski definition) is 1. The lowest BCUT2D eigenvalue weighted by molar-refractivity contribution is 0.191. The van der Waals surface area contributed by atoms with E-state index < -0.39 is 17.7 Å². The Balaban J connectivity index is 2.45. The van der Waals surface area contributed by atoms with Gasteiger partial charge in [-0.1, -0.05) is 17.8 Å². The van der Waals surface area contributed by atoms with Crippen LogP contribution in [0.4, 0.5) is 8.78 Å². The first-order valence-electron chi connectivity index (χ1n) is 6.00. The van der Waals surface area contributed by atoms with Crippen LogP contribution in [-0.4, -0.2) is 12.2 Å². The van der Waals surface area contributed by atoms with Gasteiger partial charge >= 0.3 is 0 Å². The van der Waals surface area contributed by atoms with Gasteiger partial charge in [-0.15, -0.1) is 0 Å². The molecule has 0 spiro atoms. The predicted octanol–water partition coefficient (Wildman–Crippen LogP) is 4.18. The van der Waals surface area contributed by atoms with Gasteiger partial charge in [0.2, 0.25) is 0 Å². The third kappa shape index (κ3) is 3.11. The van der Waals surface area contributed by atoms with Gasteiger partial charge in [0.25, 0.3) is 0 Å². The number of hydrogen-bond acceptors (Lipinski definition) is 3. The van der Waals surface area contributed by atoms with Gasteiger partial charge in [-0.2, -0.15) is 0 Å². The number of methoxy groups -OCH3 is 1. The topological polar surface area (TPSA) is 29.5 Å². The number of halogens is 2. The van der Waals surface area contributed by atoms with Crippen LogP contribution in [0.3, 0.4) is 0 Å². The van der Waals surface area contributed by atoms with Gasteiger partial charge in [-0.3, -0.25) is 0 Å². The van der Waals surface area contributed by atoms with E-state index in [1.54, 1.807) is 25.1 Å². The molecule has 0 bridgehead atoms. The van der Waals surface area contributed by atoms with Gasteiger partial charge in [-0.25, -0.2) is 8.78 Å². The van der Waals surface area contributed by atoms with Crippen LogP contribution in [0.25, 0.3) is 0 Å². The Kier molecular flexibility index (Phi) is 4.62. The molecule has 0 amide bonds. The first kappa shape index (κ1) is 14.8. The van der Waals surface area contributed by atoms with Crippen molar-refractivity contribution in [2.75, 3.05) is 7.11 Å². The number of aliphatic hydroxyl groups excluding tert-OH is 1. The Morgan fingerprint density at radius 3 is 2.55 bits per heavy atom. The quantitative estimate of drug-likeness (QED) is 0.918. The first-order chi connectivity index (χ1) is 9.52. The van der Waals surface area contributed by atoms with Gasteiger partial charge in [0.15, 0.2) is 0 Å². The summed E-state index contributed by atoms with van der Waals surface area (Å²) in [6.45, 7) is 1.60. The van der Waals surface area contributed by atoms with Crippen LogP contribution in [0, 0.1) is 11.6 Å². The van der Waals surface area contributed by atoms with E-state index in [-0.39, 0.29) is 4.90 Å². The van der Waals surface area contributed by atoms with Gasteiger partial charge in [0.1, 0.15) is 17.4 Å². The lowest BCUT2D eigenvalue weighted by atomic mass is 10.1. The fraction of sp³-hybridized carbons (Fsp3) is 0.200. The molecule has 0 aliphatic carbocycles. The normalized spacial score (nSPS) is 12.2. The van der Waals surface area contributed by atoms with Crippen LogP contribution < -0.4 is 4.74 Å². The number of benzene rings is 2. The molecule has 5 heteroatoms. The van der Waals surface area contributed by atoms with E-state index in [0.29, 0.717) is 16.2 Å². The first-order valence-corrected chi connectivity index (χ1v) is 6.82. The van der Waals surface area contributed by atoms with Gasteiger partial charge < -0.3 is 9.84 Å². The lowest BCUT2D eigenvalue weighted by Gasteiger charge is -2.15. The van der Waals surface area contributed by atoms with Crippen molar-refractivity contribution in [2.45, 2.75) is 22.8 Å². The molecule has 0 aliphatic rings. The van der Waals surface area contributed by atoms with E-state index in [2.05, 4.69) is 0 Å². The highest BCUT2D eigenvalue weighted by molar-refractivity contribution is 7.99. The maximum Gasteiger partial charge on any atom is 0.137 e. The predicted molar refractivity (Wildman–Crippen MR) is 74.1 cm³/mol. The van der Waals surface area contributed by atoms with Gasteiger partial charge in [0.05, 0.1) is 18.1 Å². The van der Waals surface area contributed by atoms with Crippen molar-refractivity contribution in [3.8, 4) is 5.75 Å². The summed E-state index contributed by atoms with van der Waals surface area (Å²) in [7, 11) is 1.50. The molecule has 2 nitrogen and oxygen atoms in total. The molecule has 2 aromatic rings. The summed E-state index contributed by atoms with van der Waals surface area (Å²) in [6.07, 6.45) is -0.773. The zero-order valence-electron chi connectivity index (χ0n) is 11.1. The summed E-state index contributed by atoms with van der Waals surface area (Å²) < 4.78 is 32.1. The fourth-order valence-electron chi connectivity index (χ4n) is 1.88. The minimum atomic E-state index is -0.773.